The SMILES string of the molecule is O=C(O)COc1cccc2c1CCCC2N(c1cnc(Oc2ccc(CCO)cc2)c(Br)c1)S(=O)O. The van der Waals surface area contributed by atoms with E-state index in [0.29, 0.717) is 46.8 Å². The second-order valence-electron chi connectivity index (χ2n) is 8.17. The van der Waals surface area contributed by atoms with Gasteiger partial charge >= 0.3 is 5.97 Å². The van der Waals surface area contributed by atoms with E-state index >= 15 is 0 Å². The molecule has 3 N–H and O–H groups in total. The highest BCUT2D eigenvalue weighted by atomic mass is 79.9. The number of pyridine rings is 1. The van der Waals surface area contributed by atoms with Gasteiger partial charge in [-0.2, -0.15) is 0 Å². The molecule has 0 saturated carbocycles. The fourth-order valence-electron chi connectivity index (χ4n) is 4.26. The summed E-state index contributed by atoms with van der Waals surface area (Å²) < 4.78 is 36.0. The summed E-state index contributed by atoms with van der Waals surface area (Å²) in [4.78, 5) is 15.3. The molecule has 9 nitrogen and oxygen atoms in total. The van der Waals surface area contributed by atoms with Crippen LogP contribution in [0.15, 0.2) is 59.2 Å². The molecule has 4 rings (SSSR count). The van der Waals surface area contributed by atoms with Gasteiger partial charge in [-0.3, -0.25) is 8.86 Å². The second-order valence-corrected chi connectivity index (χ2v) is 9.88. The Balaban J connectivity index is 1.60. The van der Waals surface area contributed by atoms with E-state index in [1.807, 2.05) is 18.2 Å². The lowest BCUT2D eigenvalue weighted by Gasteiger charge is -2.35. The first-order valence-electron chi connectivity index (χ1n) is 11.3. The van der Waals surface area contributed by atoms with Crippen LogP contribution in [0, 0.1) is 0 Å². The van der Waals surface area contributed by atoms with Crippen LogP contribution in [0.3, 0.4) is 0 Å². The van der Waals surface area contributed by atoms with E-state index in [1.165, 1.54) is 10.5 Å². The first-order valence-corrected chi connectivity index (χ1v) is 13.1. The smallest absolute Gasteiger partial charge is 0.341 e. The zero-order chi connectivity index (χ0) is 25.7. The van der Waals surface area contributed by atoms with E-state index in [1.54, 1.807) is 30.3 Å². The van der Waals surface area contributed by atoms with Crippen LogP contribution in [0.1, 0.15) is 35.6 Å². The minimum atomic E-state index is -2.36. The van der Waals surface area contributed by atoms with Gasteiger partial charge in [-0.1, -0.05) is 24.3 Å². The van der Waals surface area contributed by atoms with Crippen molar-refractivity contribution in [3.05, 3.63) is 75.9 Å². The second kappa shape index (κ2) is 11.8. The number of hydrogen-bond acceptors (Lipinski definition) is 6. The van der Waals surface area contributed by atoms with Crippen LogP contribution in [-0.2, 0) is 28.9 Å². The Labute approximate surface area is 219 Å². The van der Waals surface area contributed by atoms with Gasteiger partial charge in [0.1, 0.15) is 11.5 Å². The lowest BCUT2D eigenvalue weighted by atomic mass is 9.87. The van der Waals surface area contributed by atoms with Gasteiger partial charge in [-0.25, -0.2) is 14.0 Å². The average Bonchev–Trinajstić information content (AvgIpc) is 2.85. The minimum Gasteiger partial charge on any atom is -0.482 e. The monoisotopic (exact) mass is 576 g/mol. The molecule has 1 heterocycles. The summed E-state index contributed by atoms with van der Waals surface area (Å²) in [5, 5.41) is 18.0. The van der Waals surface area contributed by atoms with Gasteiger partial charge in [0.05, 0.1) is 22.4 Å². The summed E-state index contributed by atoms with van der Waals surface area (Å²) in [6, 6.07) is 13.9. The molecule has 1 aliphatic rings. The molecule has 2 aromatic carbocycles. The topological polar surface area (TPSA) is 129 Å². The molecule has 1 aromatic heterocycles. The number of fused-ring (bicyclic) bond motifs is 1. The number of aromatic nitrogens is 1. The van der Waals surface area contributed by atoms with Crippen LogP contribution >= 0.6 is 15.9 Å². The molecular formula is C25H25BrN2O7S. The molecule has 0 radical (unpaired) electrons. The van der Waals surface area contributed by atoms with Crippen molar-refractivity contribution in [1.82, 2.24) is 4.98 Å². The van der Waals surface area contributed by atoms with E-state index in [-0.39, 0.29) is 6.61 Å². The Kier molecular flexibility index (Phi) is 8.57. The molecule has 0 amide bonds. The molecule has 3 aromatic rings. The Bertz CT molecular complexity index is 1260. The van der Waals surface area contributed by atoms with Crippen LogP contribution in [0.4, 0.5) is 5.69 Å². The number of nitrogens with zero attached hydrogens (tertiary/aromatic N) is 2. The predicted octanol–water partition coefficient (Wildman–Crippen LogP) is 4.66. The van der Waals surface area contributed by atoms with Crippen molar-refractivity contribution in [3.63, 3.8) is 0 Å². The summed E-state index contributed by atoms with van der Waals surface area (Å²) in [6.07, 6.45) is 4.08. The Morgan fingerprint density at radius 2 is 2.00 bits per heavy atom. The highest BCUT2D eigenvalue weighted by Crippen LogP contribution is 2.42. The normalized spacial score (nSPS) is 15.6. The molecule has 36 heavy (non-hydrogen) atoms. The Morgan fingerprint density at radius 1 is 1.22 bits per heavy atom. The number of halogens is 1. The van der Waals surface area contributed by atoms with Crippen molar-refractivity contribution >= 4 is 38.9 Å². The molecule has 0 spiro atoms. The Morgan fingerprint density at radius 3 is 2.67 bits per heavy atom. The van der Waals surface area contributed by atoms with E-state index in [4.69, 9.17) is 19.7 Å². The first kappa shape index (κ1) is 26.1. The lowest BCUT2D eigenvalue weighted by Crippen LogP contribution is -2.33. The van der Waals surface area contributed by atoms with Gasteiger partial charge in [0, 0.05) is 6.61 Å². The molecular weight excluding hydrogens is 552 g/mol. The van der Waals surface area contributed by atoms with Crippen LogP contribution < -0.4 is 13.8 Å². The number of aliphatic hydroxyl groups is 1. The number of aliphatic hydroxyl groups excluding tert-OH is 1. The fourth-order valence-corrected chi connectivity index (χ4v) is 5.40. The molecule has 0 aliphatic heterocycles. The number of benzene rings is 2. The van der Waals surface area contributed by atoms with Gasteiger partial charge in [0.25, 0.3) is 11.3 Å². The number of rotatable bonds is 10. The molecule has 0 saturated heterocycles. The maximum absolute atomic E-state index is 12.5. The lowest BCUT2D eigenvalue weighted by molar-refractivity contribution is -0.139. The Hall–Kier alpha value is -2.99. The van der Waals surface area contributed by atoms with Crippen molar-refractivity contribution in [2.45, 2.75) is 31.7 Å². The maximum atomic E-state index is 12.5. The van der Waals surface area contributed by atoms with Crippen LogP contribution in [-0.4, -0.2) is 43.1 Å². The van der Waals surface area contributed by atoms with Crippen LogP contribution in [0.5, 0.6) is 17.4 Å². The minimum absolute atomic E-state index is 0.0691. The molecule has 2 atom stereocenters. The summed E-state index contributed by atoms with van der Waals surface area (Å²) in [7, 11) is 0. The number of anilines is 1. The third-order valence-electron chi connectivity index (χ3n) is 5.82. The quantitative estimate of drug-likeness (QED) is 0.297. The highest BCUT2D eigenvalue weighted by molar-refractivity contribution is 9.10. The van der Waals surface area contributed by atoms with Crippen molar-refractivity contribution in [1.29, 1.82) is 0 Å². The average molecular weight is 577 g/mol. The molecule has 0 fully saturated rings. The van der Waals surface area contributed by atoms with Crippen molar-refractivity contribution in [2.24, 2.45) is 0 Å². The molecule has 11 heteroatoms. The number of aliphatic carboxylic acids is 1. The maximum Gasteiger partial charge on any atom is 0.341 e. The van der Waals surface area contributed by atoms with Gasteiger partial charge < -0.3 is 19.7 Å². The summed E-state index contributed by atoms with van der Waals surface area (Å²) >= 11 is 1.10. The zero-order valence-corrected chi connectivity index (χ0v) is 21.6. The first-order chi connectivity index (χ1) is 17.4. The summed E-state index contributed by atoms with van der Waals surface area (Å²) in [5.41, 5.74) is 3.05. The van der Waals surface area contributed by atoms with E-state index in [0.717, 1.165) is 23.1 Å². The fraction of sp³-hybridized carbons (Fsp3) is 0.280. The summed E-state index contributed by atoms with van der Waals surface area (Å²) in [6.45, 7) is -0.390. The van der Waals surface area contributed by atoms with E-state index in [9.17, 15) is 13.6 Å². The third kappa shape index (κ3) is 6.04. The van der Waals surface area contributed by atoms with Gasteiger partial charge in [-0.15, -0.1) is 0 Å². The zero-order valence-electron chi connectivity index (χ0n) is 19.2. The van der Waals surface area contributed by atoms with Crippen molar-refractivity contribution in [2.75, 3.05) is 17.5 Å². The standard InChI is InChI=1S/C25H25BrN2O7S/c26-21-13-17(14-27-25(21)35-18-9-7-16(8-10-18)11-12-29)28(36(32)33)22-5-1-4-20-19(22)3-2-6-23(20)34-15-24(30)31/h2-3,6-10,13-14,22,29H,1,4-5,11-12,15H2,(H,30,31)(H,32,33). The molecule has 2 unspecified atom stereocenters. The third-order valence-corrected chi connectivity index (χ3v) is 7.19. The van der Waals surface area contributed by atoms with E-state index in [2.05, 4.69) is 20.9 Å². The number of ether oxygens (including phenoxy) is 2. The van der Waals surface area contributed by atoms with Gasteiger partial charge in [-0.05, 0) is 82.6 Å². The van der Waals surface area contributed by atoms with Gasteiger partial charge in [0.2, 0.25) is 5.88 Å². The number of carbonyl (C=O) groups is 1. The van der Waals surface area contributed by atoms with Crippen molar-refractivity contribution < 1.29 is 33.2 Å². The largest absolute Gasteiger partial charge is 0.482 e. The predicted molar refractivity (Wildman–Crippen MR) is 138 cm³/mol. The van der Waals surface area contributed by atoms with Crippen LogP contribution in [0.2, 0.25) is 0 Å². The molecule has 1 aliphatic carbocycles. The molecule has 0 bridgehead atoms. The number of carboxylic acid groups (broad SMARTS) is 1. The molecule has 190 valence electrons. The van der Waals surface area contributed by atoms with E-state index < -0.39 is 29.9 Å². The number of hydrogen-bond donors (Lipinski definition) is 3. The van der Waals surface area contributed by atoms with Gasteiger partial charge in [0.15, 0.2) is 6.61 Å². The summed E-state index contributed by atoms with van der Waals surface area (Å²) in [5.74, 6) is 0.259. The highest BCUT2D eigenvalue weighted by Gasteiger charge is 2.32. The number of carboxylic acids is 1. The van der Waals surface area contributed by atoms with Crippen molar-refractivity contribution in [3.8, 4) is 17.4 Å². The van der Waals surface area contributed by atoms with Crippen LogP contribution in [0.25, 0.3) is 0 Å².